The van der Waals surface area contributed by atoms with Crippen molar-refractivity contribution in [2.45, 2.75) is 37.9 Å². The van der Waals surface area contributed by atoms with Crippen LogP contribution in [0.5, 0.6) is 0 Å². The number of fused-ring (bicyclic) bond motifs is 1. The standard InChI is InChI=1S/C20H22BrN3OS/c1-2-3-6-12-24-18-11-5-4-10-17(18)23-20(24)26-14-19(25)22-16-9-7-8-15(21)13-16/h4-5,7-11,13H,2-3,6,12,14H2,1H3,(H,22,25). The molecule has 0 atom stereocenters. The Labute approximate surface area is 166 Å². The van der Waals surface area contributed by atoms with Crippen LogP contribution in [-0.4, -0.2) is 21.2 Å². The quantitative estimate of drug-likeness (QED) is 0.366. The SMILES string of the molecule is CCCCCn1c(SCC(=O)Nc2cccc(Br)c2)nc2ccccc21. The Bertz CT molecular complexity index is 894. The number of benzene rings is 2. The molecule has 6 heteroatoms. The summed E-state index contributed by atoms with van der Waals surface area (Å²) in [5, 5.41) is 3.84. The van der Waals surface area contributed by atoms with Crippen LogP contribution >= 0.6 is 27.7 Å². The molecule has 0 bridgehead atoms. The molecule has 4 nitrogen and oxygen atoms in total. The second-order valence-electron chi connectivity index (χ2n) is 6.09. The normalized spacial score (nSPS) is 11.0. The van der Waals surface area contributed by atoms with Crippen molar-refractivity contribution in [2.24, 2.45) is 0 Å². The summed E-state index contributed by atoms with van der Waals surface area (Å²) in [6, 6.07) is 15.8. The van der Waals surface area contributed by atoms with Gasteiger partial charge in [0.15, 0.2) is 5.16 Å². The van der Waals surface area contributed by atoms with Crippen molar-refractivity contribution < 1.29 is 4.79 Å². The number of halogens is 1. The van der Waals surface area contributed by atoms with E-state index in [1.165, 1.54) is 24.6 Å². The molecule has 3 rings (SSSR count). The zero-order chi connectivity index (χ0) is 18.4. The predicted octanol–water partition coefficient (Wildman–Crippen LogP) is 5.72. The minimum absolute atomic E-state index is 0.0275. The van der Waals surface area contributed by atoms with Gasteiger partial charge in [-0.05, 0) is 36.8 Å². The lowest BCUT2D eigenvalue weighted by atomic mass is 10.2. The number of aromatic nitrogens is 2. The summed E-state index contributed by atoms with van der Waals surface area (Å²) in [6.45, 7) is 3.14. The summed E-state index contributed by atoms with van der Waals surface area (Å²) >= 11 is 4.91. The third kappa shape index (κ3) is 4.89. The van der Waals surface area contributed by atoms with Crippen LogP contribution in [0.2, 0.25) is 0 Å². The van der Waals surface area contributed by atoms with Crippen molar-refractivity contribution in [3.8, 4) is 0 Å². The molecule has 0 saturated carbocycles. The molecule has 0 aliphatic heterocycles. The van der Waals surface area contributed by atoms with Crippen LogP contribution < -0.4 is 5.32 Å². The highest BCUT2D eigenvalue weighted by molar-refractivity contribution is 9.10. The lowest BCUT2D eigenvalue weighted by Gasteiger charge is -2.09. The van der Waals surface area contributed by atoms with Crippen molar-refractivity contribution >= 4 is 50.3 Å². The van der Waals surface area contributed by atoms with Gasteiger partial charge in [0.05, 0.1) is 16.8 Å². The molecule has 0 saturated heterocycles. The topological polar surface area (TPSA) is 46.9 Å². The first-order valence-corrected chi connectivity index (χ1v) is 10.6. The molecule has 3 aromatic rings. The summed E-state index contributed by atoms with van der Waals surface area (Å²) in [4.78, 5) is 17.0. The van der Waals surface area contributed by atoms with E-state index < -0.39 is 0 Å². The highest BCUT2D eigenvalue weighted by Crippen LogP contribution is 2.25. The Hall–Kier alpha value is -1.79. The smallest absolute Gasteiger partial charge is 0.234 e. The number of anilines is 1. The van der Waals surface area contributed by atoms with Gasteiger partial charge in [0.25, 0.3) is 0 Å². The Morgan fingerprint density at radius 3 is 2.85 bits per heavy atom. The maximum atomic E-state index is 12.3. The maximum absolute atomic E-state index is 12.3. The van der Waals surface area contributed by atoms with Crippen LogP contribution in [0.1, 0.15) is 26.2 Å². The van der Waals surface area contributed by atoms with Crippen molar-refractivity contribution in [1.29, 1.82) is 0 Å². The number of carbonyl (C=O) groups is 1. The van der Waals surface area contributed by atoms with E-state index in [1.54, 1.807) is 0 Å². The van der Waals surface area contributed by atoms with Gasteiger partial charge in [-0.15, -0.1) is 0 Å². The Kier molecular flexibility index (Phi) is 6.74. The molecular formula is C20H22BrN3OS. The number of hydrogen-bond acceptors (Lipinski definition) is 3. The zero-order valence-electron chi connectivity index (χ0n) is 14.7. The third-order valence-electron chi connectivity index (χ3n) is 4.05. The van der Waals surface area contributed by atoms with Gasteiger partial charge in [-0.3, -0.25) is 4.79 Å². The van der Waals surface area contributed by atoms with Gasteiger partial charge in [-0.2, -0.15) is 0 Å². The lowest BCUT2D eigenvalue weighted by molar-refractivity contribution is -0.113. The Balaban J connectivity index is 1.69. The monoisotopic (exact) mass is 431 g/mol. The number of nitrogens with one attached hydrogen (secondary N) is 1. The highest BCUT2D eigenvalue weighted by Gasteiger charge is 2.13. The number of carbonyl (C=O) groups excluding carboxylic acids is 1. The molecule has 136 valence electrons. The molecule has 0 fully saturated rings. The average Bonchev–Trinajstić information content (AvgIpc) is 2.98. The third-order valence-corrected chi connectivity index (χ3v) is 5.52. The van der Waals surface area contributed by atoms with Crippen molar-refractivity contribution in [2.75, 3.05) is 11.1 Å². The Morgan fingerprint density at radius 2 is 2.04 bits per heavy atom. The van der Waals surface area contributed by atoms with E-state index in [1.807, 2.05) is 42.5 Å². The number of amides is 1. The average molecular weight is 432 g/mol. The van der Waals surface area contributed by atoms with Crippen LogP contribution in [0, 0.1) is 0 Å². The van der Waals surface area contributed by atoms with Gasteiger partial charge in [0.1, 0.15) is 0 Å². The number of thioether (sulfide) groups is 1. The molecule has 1 N–H and O–H groups in total. The van der Waals surface area contributed by atoms with Crippen LogP contribution in [0.4, 0.5) is 5.69 Å². The van der Waals surface area contributed by atoms with Crippen molar-refractivity contribution in [1.82, 2.24) is 9.55 Å². The van der Waals surface area contributed by atoms with Crippen molar-refractivity contribution in [3.63, 3.8) is 0 Å². The van der Waals surface area contributed by atoms with E-state index >= 15 is 0 Å². The van der Waals surface area contributed by atoms with Gasteiger partial charge >= 0.3 is 0 Å². The minimum Gasteiger partial charge on any atom is -0.325 e. The van der Waals surface area contributed by atoms with E-state index in [4.69, 9.17) is 4.98 Å². The molecule has 0 aliphatic rings. The first kappa shape index (κ1) is 19.0. The minimum atomic E-state index is -0.0275. The second-order valence-corrected chi connectivity index (χ2v) is 7.95. The molecule has 1 amide bonds. The number of rotatable bonds is 8. The summed E-state index contributed by atoms with van der Waals surface area (Å²) in [7, 11) is 0. The molecule has 0 spiro atoms. The van der Waals surface area contributed by atoms with E-state index in [0.29, 0.717) is 5.75 Å². The van der Waals surface area contributed by atoms with E-state index in [9.17, 15) is 4.79 Å². The fraction of sp³-hybridized carbons (Fsp3) is 0.300. The van der Waals surface area contributed by atoms with E-state index in [0.717, 1.165) is 39.3 Å². The number of unbranched alkanes of at least 4 members (excludes halogenated alkanes) is 2. The van der Waals surface area contributed by atoms with Crippen LogP contribution in [0.25, 0.3) is 11.0 Å². The second kappa shape index (κ2) is 9.24. The highest BCUT2D eigenvalue weighted by atomic mass is 79.9. The fourth-order valence-corrected chi connectivity index (χ4v) is 4.03. The number of hydrogen-bond donors (Lipinski definition) is 1. The van der Waals surface area contributed by atoms with Crippen LogP contribution in [0.3, 0.4) is 0 Å². The zero-order valence-corrected chi connectivity index (χ0v) is 17.1. The van der Waals surface area contributed by atoms with Gasteiger partial charge in [0.2, 0.25) is 5.91 Å². The summed E-state index contributed by atoms with van der Waals surface area (Å²) in [5.41, 5.74) is 2.92. The van der Waals surface area contributed by atoms with Crippen LogP contribution in [-0.2, 0) is 11.3 Å². The largest absolute Gasteiger partial charge is 0.325 e. The molecule has 26 heavy (non-hydrogen) atoms. The number of para-hydroxylation sites is 2. The molecule has 0 unspecified atom stereocenters. The summed E-state index contributed by atoms with van der Waals surface area (Å²) in [6.07, 6.45) is 3.50. The number of aryl methyl sites for hydroxylation is 1. The molecule has 0 radical (unpaired) electrons. The lowest BCUT2D eigenvalue weighted by Crippen LogP contribution is -2.14. The molecule has 0 aliphatic carbocycles. The molecule has 2 aromatic carbocycles. The number of nitrogens with zero attached hydrogens (tertiary/aromatic N) is 2. The fourth-order valence-electron chi connectivity index (χ4n) is 2.79. The van der Waals surface area contributed by atoms with Gasteiger partial charge in [-0.25, -0.2) is 4.98 Å². The van der Waals surface area contributed by atoms with E-state index in [-0.39, 0.29) is 5.91 Å². The van der Waals surface area contributed by atoms with Gasteiger partial charge in [0, 0.05) is 16.7 Å². The molecule has 1 heterocycles. The summed E-state index contributed by atoms with van der Waals surface area (Å²) in [5.74, 6) is 0.309. The Morgan fingerprint density at radius 1 is 1.19 bits per heavy atom. The molecule has 1 aromatic heterocycles. The van der Waals surface area contributed by atoms with Crippen molar-refractivity contribution in [3.05, 3.63) is 53.0 Å². The predicted molar refractivity (Wildman–Crippen MR) is 113 cm³/mol. The van der Waals surface area contributed by atoms with Gasteiger partial charge < -0.3 is 9.88 Å². The van der Waals surface area contributed by atoms with E-state index in [2.05, 4.69) is 38.8 Å². The first-order chi connectivity index (χ1) is 12.7. The van der Waals surface area contributed by atoms with Crippen LogP contribution in [0.15, 0.2) is 58.2 Å². The molecular weight excluding hydrogens is 410 g/mol. The maximum Gasteiger partial charge on any atom is 0.234 e. The summed E-state index contributed by atoms with van der Waals surface area (Å²) < 4.78 is 3.18. The number of imidazole rings is 1. The first-order valence-electron chi connectivity index (χ1n) is 8.81. The van der Waals surface area contributed by atoms with Gasteiger partial charge in [-0.1, -0.05) is 65.7 Å².